The van der Waals surface area contributed by atoms with Crippen LogP contribution in [-0.2, 0) is 4.74 Å². The molecule has 3 heterocycles. The minimum atomic E-state index is 0.907. The van der Waals surface area contributed by atoms with Crippen molar-refractivity contribution in [3.05, 3.63) is 17.8 Å². The molecule has 1 aliphatic heterocycles. The lowest BCUT2D eigenvalue weighted by Crippen LogP contribution is -3.14. The summed E-state index contributed by atoms with van der Waals surface area (Å²) in [6.07, 6.45) is 2.79. The molecule has 0 aliphatic carbocycles. The summed E-state index contributed by atoms with van der Waals surface area (Å²) in [4.78, 5) is 11.3. The van der Waals surface area contributed by atoms with Crippen molar-refractivity contribution in [1.29, 1.82) is 0 Å². The number of ether oxygens (including phenoxy) is 1. The first-order valence-corrected chi connectivity index (χ1v) is 7.65. The number of aromatic nitrogens is 2. The Kier molecular flexibility index (Phi) is 4.22. The van der Waals surface area contributed by atoms with E-state index in [0.29, 0.717) is 0 Å². The predicted molar refractivity (Wildman–Crippen MR) is 76.9 cm³/mol. The molecular formula is C13H19N4OS+. The zero-order valence-electron chi connectivity index (χ0n) is 10.9. The summed E-state index contributed by atoms with van der Waals surface area (Å²) >= 11 is 1.65. The number of fused-ring (bicyclic) bond motifs is 1. The quantitative estimate of drug-likeness (QED) is 0.778. The Morgan fingerprint density at radius 3 is 3.11 bits per heavy atom. The Hall–Kier alpha value is -1.24. The van der Waals surface area contributed by atoms with Crippen molar-refractivity contribution in [2.75, 3.05) is 44.7 Å². The Bertz CT molecular complexity index is 524. The van der Waals surface area contributed by atoms with E-state index in [1.165, 1.54) is 6.54 Å². The summed E-state index contributed by atoms with van der Waals surface area (Å²) in [5, 5.41) is 6.61. The minimum absolute atomic E-state index is 0.907. The van der Waals surface area contributed by atoms with Gasteiger partial charge in [-0.15, -0.1) is 11.3 Å². The van der Waals surface area contributed by atoms with Crippen LogP contribution in [0, 0.1) is 0 Å². The van der Waals surface area contributed by atoms with Crippen LogP contribution in [0.2, 0.25) is 0 Å². The maximum absolute atomic E-state index is 5.36. The fourth-order valence-corrected chi connectivity index (χ4v) is 3.12. The number of hydrogen-bond acceptors (Lipinski definition) is 5. The molecule has 0 saturated carbocycles. The number of rotatable bonds is 5. The van der Waals surface area contributed by atoms with Gasteiger partial charge in [0.05, 0.1) is 25.1 Å². The lowest BCUT2D eigenvalue weighted by atomic mass is 10.3. The average molecular weight is 279 g/mol. The SMILES string of the molecule is c1nc(NCCC[NH+]2CCOCC2)c2ccsc2n1. The number of thiophene rings is 1. The zero-order valence-corrected chi connectivity index (χ0v) is 11.7. The van der Waals surface area contributed by atoms with Crippen LogP contribution in [-0.4, -0.2) is 49.4 Å². The lowest BCUT2D eigenvalue weighted by Gasteiger charge is -2.23. The molecule has 19 heavy (non-hydrogen) atoms. The molecule has 0 unspecified atom stereocenters. The standard InChI is InChI=1S/C13H18N4OS/c1(4-17-5-7-18-8-6-17)3-14-12-11-2-9-19-13(11)16-10-15-12/h2,9-10H,1,3-8H2,(H,14,15,16)/p+1. The smallest absolute Gasteiger partial charge is 0.138 e. The van der Waals surface area contributed by atoms with E-state index in [4.69, 9.17) is 4.74 Å². The molecule has 0 amide bonds. The van der Waals surface area contributed by atoms with E-state index in [1.807, 2.05) is 0 Å². The summed E-state index contributed by atoms with van der Waals surface area (Å²) in [5.41, 5.74) is 0. The van der Waals surface area contributed by atoms with Crippen LogP contribution in [0.1, 0.15) is 6.42 Å². The molecule has 5 nitrogen and oxygen atoms in total. The van der Waals surface area contributed by atoms with Gasteiger partial charge in [-0.1, -0.05) is 0 Å². The summed E-state index contributed by atoms with van der Waals surface area (Å²) in [6.45, 7) is 6.26. The fraction of sp³-hybridized carbons (Fsp3) is 0.538. The van der Waals surface area contributed by atoms with E-state index in [9.17, 15) is 0 Å². The van der Waals surface area contributed by atoms with Crippen molar-refractivity contribution in [1.82, 2.24) is 9.97 Å². The Morgan fingerprint density at radius 2 is 2.21 bits per heavy atom. The van der Waals surface area contributed by atoms with Crippen molar-refractivity contribution in [2.24, 2.45) is 0 Å². The van der Waals surface area contributed by atoms with Gasteiger partial charge in [-0.05, 0) is 11.4 Å². The van der Waals surface area contributed by atoms with Gasteiger partial charge in [0, 0.05) is 13.0 Å². The maximum atomic E-state index is 5.36. The lowest BCUT2D eigenvalue weighted by molar-refractivity contribution is -0.908. The monoisotopic (exact) mass is 279 g/mol. The fourth-order valence-electron chi connectivity index (χ4n) is 2.39. The van der Waals surface area contributed by atoms with Crippen molar-refractivity contribution in [2.45, 2.75) is 6.42 Å². The van der Waals surface area contributed by atoms with Gasteiger partial charge >= 0.3 is 0 Å². The van der Waals surface area contributed by atoms with Gasteiger partial charge in [0.25, 0.3) is 0 Å². The third-order valence-electron chi connectivity index (χ3n) is 3.46. The minimum Gasteiger partial charge on any atom is -0.370 e. The van der Waals surface area contributed by atoms with Crippen LogP contribution in [0.3, 0.4) is 0 Å². The molecule has 0 atom stereocenters. The topological polar surface area (TPSA) is 51.5 Å². The number of nitrogens with zero attached hydrogens (tertiary/aromatic N) is 2. The highest BCUT2D eigenvalue weighted by Gasteiger charge is 2.12. The molecular weight excluding hydrogens is 260 g/mol. The second-order valence-corrected chi connectivity index (χ2v) is 5.65. The van der Waals surface area contributed by atoms with Crippen LogP contribution in [0.4, 0.5) is 5.82 Å². The first kappa shape index (κ1) is 12.8. The molecule has 0 aromatic carbocycles. The van der Waals surface area contributed by atoms with Crippen LogP contribution in [0.25, 0.3) is 10.2 Å². The molecule has 0 spiro atoms. The van der Waals surface area contributed by atoms with Crippen LogP contribution >= 0.6 is 11.3 Å². The maximum Gasteiger partial charge on any atom is 0.138 e. The van der Waals surface area contributed by atoms with Gasteiger partial charge in [-0.3, -0.25) is 0 Å². The van der Waals surface area contributed by atoms with Gasteiger partial charge in [0.2, 0.25) is 0 Å². The molecule has 6 heteroatoms. The molecule has 1 saturated heterocycles. The molecule has 0 radical (unpaired) electrons. The van der Waals surface area contributed by atoms with E-state index in [0.717, 1.165) is 55.3 Å². The highest BCUT2D eigenvalue weighted by Crippen LogP contribution is 2.23. The summed E-state index contributed by atoms with van der Waals surface area (Å²) in [7, 11) is 0. The van der Waals surface area contributed by atoms with Crippen molar-refractivity contribution < 1.29 is 9.64 Å². The highest BCUT2D eigenvalue weighted by atomic mass is 32.1. The Labute approximate surface area is 116 Å². The van der Waals surface area contributed by atoms with Crippen LogP contribution < -0.4 is 10.2 Å². The highest BCUT2D eigenvalue weighted by molar-refractivity contribution is 7.16. The molecule has 102 valence electrons. The molecule has 1 aliphatic rings. The van der Waals surface area contributed by atoms with E-state index in [-0.39, 0.29) is 0 Å². The number of quaternary nitrogens is 1. The third kappa shape index (κ3) is 3.20. The zero-order chi connectivity index (χ0) is 12.9. The third-order valence-corrected chi connectivity index (χ3v) is 4.28. The Balaban J connectivity index is 1.48. The molecule has 2 aromatic heterocycles. The summed E-state index contributed by atoms with van der Waals surface area (Å²) < 4.78 is 5.36. The van der Waals surface area contributed by atoms with E-state index in [2.05, 4.69) is 26.7 Å². The van der Waals surface area contributed by atoms with Crippen molar-refractivity contribution in [3.8, 4) is 0 Å². The van der Waals surface area contributed by atoms with E-state index in [1.54, 1.807) is 22.6 Å². The Morgan fingerprint density at radius 1 is 1.32 bits per heavy atom. The summed E-state index contributed by atoms with van der Waals surface area (Å²) in [5.74, 6) is 0.961. The molecule has 0 bridgehead atoms. The first-order chi connectivity index (χ1) is 9.43. The number of anilines is 1. The summed E-state index contributed by atoms with van der Waals surface area (Å²) in [6, 6.07) is 2.08. The van der Waals surface area contributed by atoms with E-state index >= 15 is 0 Å². The first-order valence-electron chi connectivity index (χ1n) is 6.77. The second-order valence-electron chi connectivity index (χ2n) is 4.75. The van der Waals surface area contributed by atoms with Crippen molar-refractivity contribution >= 4 is 27.4 Å². The van der Waals surface area contributed by atoms with Crippen LogP contribution in [0.5, 0.6) is 0 Å². The molecule has 3 rings (SSSR count). The second kappa shape index (κ2) is 6.27. The van der Waals surface area contributed by atoms with Gasteiger partial charge in [-0.25, -0.2) is 9.97 Å². The number of nitrogens with one attached hydrogen (secondary N) is 2. The van der Waals surface area contributed by atoms with Gasteiger partial charge in [0.1, 0.15) is 30.1 Å². The van der Waals surface area contributed by atoms with E-state index < -0.39 is 0 Å². The number of hydrogen-bond donors (Lipinski definition) is 2. The van der Waals surface area contributed by atoms with Gasteiger partial charge in [0.15, 0.2) is 0 Å². The largest absolute Gasteiger partial charge is 0.370 e. The normalized spacial score (nSPS) is 16.8. The van der Waals surface area contributed by atoms with Crippen LogP contribution in [0.15, 0.2) is 17.8 Å². The average Bonchev–Trinajstić information content (AvgIpc) is 2.94. The van der Waals surface area contributed by atoms with Gasteiger partial charge in [-0.2, -0.15) is 0 Å². The van der Waals surface area contributed by atoms with Gasteiger partial charge < -0.3 is 15.0 Å². The molecule has 1 fully saturated rings. The molecule has 2 aromatic rings. The molecule has 2 N–H and O–H groups in total. The number of morpholine rings is 1. The van der Waals surface area contributed by atoms with Crippen molar-refractivity contribution in [3.63, 3.8) is 0 Å². The predicted octanol–water partition coefficient (Wildman–Crippen LogP) is 0.408.